The third kappa shape index (κ3) is 5.65. The molecule has 2 aliphatic rings. The smallest absolute Gasteiger partial charge is 0.471 e. The number of aliphatic hydroxyl groups is 1. The van der Waals surface area contributed by atoms with E-state index in [1.165, 1.54) is 0 Å². The average molecular weight is 527 g/mol. The van der Waals surface area contributed by atoms with Gasteiger partial charge in [-0.15, -0.1) is 0 Å². The van der Waals surface area contributed by atoms with E-state index in [0.717, 1.165) is 31.2 Å². The van der Waals surface area contributed by atoms with Gasteiger partial charge in [0, 0.05) is 11.1 Å². The first-order valence-corrected chi connectivity index (χ1v) is 12.8. The fraction of sp³-hybridized carbons (Fsp3) is 0.448. The van der Waals surface area contributed by atoms with Gasteiger partial charge >= 0.3 is 12.1 Å². The maximum atomic E-state index is 12.9. The van der Waals surface area contributed by atoms with Crippen LogP contribution in [0, 0.1) is 11.8 Å². The molecule has 0 atom stereocenters. The van der Waals surface area contributed by atoms with E-state index >= 15 is 0 Å². The van der Waals surface area contributed by atoms with E-state index in [0.29, 0.717) is 48.3 Å². The Balaban J connectivity index is 1.47. The van der Waals surface area contributed by atoms with Crippen LogP contribution in [0.3, 0.4) is 0 Å². The summed E-state index contributed by atoms with van der Waals surface area (Å²) >= 11 is 0. The second-order valence-corrected chi connectivity index (χ2v) is 9.95. The van der Waals surface area contributed by atoms with E-state index in [1.807, 2.05) is 18.2 Å². The van der Waals surface area contributed by atoms with Gasteiger partial charge < -0.3 is 19.1 Å². The number of halogens is 3. The SMILES string of the molecule is COc1ccc(C2(C#Cc3cccc(-c4noc(C(F)(F)F)n4)c3)CCC(O)CC2)cc1OC1CCCC1. The van der Waals surface area contributed by atoms with Gasteiger partial charge in [-0.05, 0) is 81.2 Å². The highest BCUT2D eigenvalue weighted by Crippen LogP contribution is 2.43. The predicted octanol–water partition coefficient (Wildman–Crippen LogP) is 6.31. The summed E-state index contributed by atoms with van der Waals surface area (Å²) in [7, 11) is 1.62. The van der Waals surface area contributed by atoms with Crippen LogP contribution in [0.5, 0.6) is 11.5 Å². The van der Waals surface area contributed by atoms with Crippen LogP contribution in [0.1, 0.15) is 68.4 Å². The van der Waals surface area contributed by atoms with Crippen molar-refractivity contribution < 1.29 is 32.3 Å². The molecule has 0 aliphatic heterocycles. The highest BCUT2D eigenvalue weighted by molar-refractivity contribution is 5.58. The molecule has 2 fully saturated rings. The van der Waals surface area contributed by atoms with E-state index in [9.17, 15) is 18.3 Å². The molecule has 3 aromatic rings. The maximum absolute atomic E-state index is 12.9. The predicted molar refractivity (Wildman–Crippen MR) is 134 cm³/mol. The Morgan fingerprint density at radius 2 is 1.79 bits per heavy atom. The number of alkyl halides is 3. The third-order valence-corrected chi connectivity index (χ3v) is 7.36. The van der Waals surface area contributed by atoms with Crippen LogP contribution in [0.25, 0.3) is 11.4 Å². The zero-order valence-corrected chi connectivity index (χ0v) is 21.1. The highest BCUT2D eigenvalue weighted by atomic mass is 19.4. The van der Waals surface area contributed by atoms with Gasteiger partial charge in [-0.2, -0.15) is 18.2 Å². The van der Waals surface area contributed by atoms with Crippen molar-refractivity contribution in [2.75, 3.05) is 7.11 Å². The highest BCUT2D eigenvalue weighted by Gasteiger charge is 2.39. The standard InChI is InChI=1S/C29H29F3N2O4/c1-36-24-10-9-21(18-25(24)37-23-7-2-3-8-23)28(15-12-22(35)13-16-28)14-11-19-5-4-6-20(17-19)26-33-27(38-34-26)29(30,31)32/h4-6,9-10,17-18,22-23,35H,2-3,7-8,12-13,15-16H2,1H3. The van der Waals surface area contributed by atoms with Crippen molar-refractivity contribution in [3.8, 4) is 34.7 Å². The lowest BCUT2D eigenvalue weighted by molar-refractivity contribution is -0.159. The number of benzene rings is 2. The summed E-state index contributed by atoms with van der Waals surface area (Å²) in [6.45, 7) is 0. The van der Waals surface area contributed by atoms with Gasteiger partial charge in [0.1, 0.15) is 0 Å². The summed E-state index contributed by atoms with van der Waals surface area (Å²) in [5, 5.41) is 13.7. The number of methoxy groups -OCH3 is 1. The van der Waals surface area contributed by atoms with Crippen LogP contribution < -0.4 is 9.47 Å². The number of rotatable bonds is 5. The minimum atomic E-state index is -4.71. The zero-order valence-electron chi connectivity index (χ0n) is 21.1. The van der Waals surface area contributed by atoms with Gasteiger partial charge in [-0.1, -0.05) is 35.2 Å². The van der Waals surface area contributed by atoms with Gasteiger partial charge in [0.25, 0.3) is 0 Å². The number of ether oxygens (including phenoxy) is 2. The summed E-state index contributed by atoms with van der Waals surface area (Å²) in [6, 6.07) is 12.7. The molecule has 0 unspecified atom stereocenters. The zero-order chi connectivity index (χ0) is 26.8. The molecule has 9 heteroatoms. The molecular weight excluding hydrogens is 497 g/mol. The number of hydrogen-bond donors (Lipinski definition) is 1. The monoisotopic (exact) mass is 526 g/mol. The molecule has 0 spiro atoms. The lowest BCUT2D eigenvalue weighted by Gasteiger charge is -2.35. The van der Waals surface area contributed by atoms with Crippen LogP contribution in [-0.2, 0) is 11.6 Å². The van der Waals surface area contributed by atoms with Gasteiger partial charge in [0.15, 0.2) is 11.5 Å². The molecule has 1 aromatic heterocycles. The van der Waals surface area contributed by atoms with E-state index in [4.69, 9.17) is 9.47 Å². The normalized spacial score (nSPS) is 22.1. The molecule has 2 aromatic carbocycles. The fourth-order valence-electron chi connectivity index (χ4n) is 5.22. The molecule has 5 rings (SSSR count). The molecule has 6 nitrogen and oxygen atoms in total. The largest absolute Gasteiger partial charge is 0.493 e. The van der Waals surface area contributed by atoms with Crippen molar-refractivity contribution in [3.05, 3.63) is 59.5 Å². The Hall–Kier alpha value is -3.51. The minimum Gasteiger partial charge on any atom is -0.493 e. The molecular formula is C29H29F3N2O4. The number of hydrogen-bond acceptors (Lipinski definition) is 6. The van der Waals surface area contributed by atoms with E-state index in [2.05, 4.69) is 26.5 Å². The van der Waals surface area contributed by atoms with E-state index < -0.39 is 17.5 Å². The summed E-state index contributed by atoms with van der Waals surface area (Å²) in [5.41, 5.74) is 1.46. The first-order chi connectivity index (χ1) is 18.3. The van der Waals surface area contributed by atoms with Crippen molar-refractivity contribution in [3.63, 3.8) is 0 Å². The fourth-order valence-corrected chi connectivity index (χ4v) is 5.22. The van der Waals surface area contributed by atoms with Crippen molar-refractivity contribution in [1.82, 2.24) is 10.1 Å². The van der Waals surface area contributed by atoms with Crippen molar-refractivity contribution in [2.45, 2.75) is 75.2 Å². The molecule has 2 saturated carbocycles. The van der Waals surface area contributed by atoms with Crippen LogP contribution in [0.15, 0.2) is 47.0 Å². The number of nitrogens with zero attached hydrogens (tertiary/aromatic N) is 2. The molecule has 1 N–H and O–H groups in total. The first kappa shape index (κ1) is 26.1. The van der Waals surface area contributed by atoms with E-state index in [1.54, 1.807) is 31.4 Å². The molecule has 38 heavy (non-hydrogen) atoms. The average Bonchev–Trinajstić information content (AvgIpc) is 3.62. The lowest BCUT2D eigenvalue weighted by atomic mass is 9.69. The Morgan fingerprint density at radius 1 is 1.03 bits per heavy atom. The van der Waals surface area contributed by atoms with Gasteiger partial charge in [0.2, 0.25) is 5.82 Å². The Kier molecular flexibility index (Phi) is 7.35. The molecule has 0 bridgehead atoms. The Morgan fingerprint density at radius 3 is 2.47 bits per heavy atom. The van der Waals surface area contributed by atoms with Crippen LogP contribution in [-0.4, -0.2) is 34.6 Å². The van der Waals surface area contributed by atoms with Crippen molar-refractivity contribution in [1.29, 1.82) is 0 Å². The number of aliphatic hydroxyl groups excluding tert-OH is 1. The second-order valence-electron chi connectivity index (χ2n) is 9.95. The minimum absolute atomic E-state index is 0.152. The van der Waals surface area contributed by atoms with Gasteiger partial charge in [-0.3, -0.25) is 0 Å². The van der Waals surface area contributed by atoms with E-state index in [-0.39, 0.29) is 18.0 Å². The first-order valence-electron chi connectivity index (χ1n) is 12.8. The summed E-state index contributed by atoms with van der Waals surface area (Å²) < 4.78 is 54.9. The van der Waals surface area contributed by atoms with Gasteiger partial charge in [0.05, 0.1) is 24.7 Å². The van der Waals surface area contributed by atoms with Crippen LogP contribution in [0.2, 0.25) is 0 Å². The molecule has 0 amide bonds. The van der Waals surface area contributed by atoms with Crippen LogP contribution in [0.4, 0.5) is 13.2 Å². The van der Waals surface area contributed by atoms with Crippen molar-refractivity contribution >= 4 is 0 Å². The molecule has 0 radical (unpaired) electrons. The summed E-state index contributed by atoms with van der Waals surface area (Å²) in [4.78, 5) is 3.48. The quantitative estimate of drug-likeness (QED) is 0.393. The summed E-state index contributed by atoms with van der Waals surface area (Å²) in [5.74, 6) is 6.51. The lowest BCUT2D eigenvalue weighted by Crippen LogP contribution is -2.32. The van der Waals surface area contributed by atoms with Gasteiger partial charge in [-0.25, -0.2) is 0 Å². The number of aromatic nitrogens is 2. The molecule has 1 heterocycles. The Labute approximate surface area is 219 Å². The maximum Gasteiger partial charge on any atom is 0.471 e. The summed E-state index contributed by atoms with van der Waals surface area (Å²) in [6.07, 6.45) is 1.98. The molecule has 2 aliphatic carbocycles. The second kappa shape index (κ2) is 10.7. The topological polar surface area (TPSA) is 77.6 Å². The third-order valence-electron chi connectivity index (χ3n) is 7.36. The van der Waals surface area contributed by atoms with Crippen molar-refractivity contribution in [2.24, 2.45) is 0 Å². The Bertz CT molecular complexity index is 1330. The van der Waals surface area contributed by atoms with Crippen LogP contribution >= 0.6 is 0 Å². The molecule has 0 saturated heterocycles. The molecule has 200 valence electrons.